The average molecular weight is 230 g/mol. The SMILES string of the molecule is COC(=O)C1CCC(OCC(C)CO)CC1. The number of carbonyl (C=O) groups is 1. The van der Waals surface area contributed by atoms with Gasteiger partial charge in [-0.05, 0) is 25.7 Å². The van der Waals surface area contributed by atoms with E-state index in [0.717, 1.165) is 25.7 Å². The summed E-state index contributed by atoms with van der Waals surface area (Å²) >= 11 is 0. The van der Waals surface area contributed by atoms with E-state index in [2.05, 4.69) is 0 Å². The Morgan fingerprint density at radius 2 is 2.00 bits per heavy atom. The molecule has 1 saturated carbocycles. The zero-order valence-electron chi connectivity index (χ0n) is 10.1. The van der Waals surface area contributed by atoms with Crippen LogP contribution in [0.15, 0.2) is 0 Å². The summed E-state index contributed by atoms with van der Waals surface area (Å²) in [5.74, 6) is 0.153. The van der Waals surface area contributed by atoms with Crippen LogP contribution in [0.2, 0.25) is 0 Å². The molecule has 1 N–H and O–H groups in total. The van der Waals surface area contributed by atoms with Gasteiger partial charge in [-0.15, -0.1) is 0 Å². The monoisotopic (exact) mass is 230 g/mol. The number of aliphatic hydroxyl groups excluding tert-OH is 1. The highest BCUT2D eigenvalue weighted by molar-refractivity contribution is 5.72. The molecule has 1 atom stereocenters. The standard InChI is InChI=1S/C12H22O4/c1-9(7-13)8-16-11-5-3-10(4-6-11)12(14)15-2/h9-11,13H,3-8H2,1-2H3. The van der Waals surface area contributed by atoms with Gasteiger partial charge in [0.2, 0.25) is 0 Å². The maximum absolute atomic E-state index is 11.3. The molecule has 0 bridgehead atoms. The highest BCUT2D eigenvalue weighted by Gasteiger charge is 2.27. The number of carbonyl (C=O) groups excluding carboxylic acids is 1. The molecule has 1 rings (SSSR count). The van der Waals surface area contributed by atoms with Gasteiger partial charge in [-0.1, -0.05) is 6.92 Å². The Labute approximate surface area is 96.9 Å². The predicted octanol–water partition coefficient (Wildman–Crippen LogP) is 1.36. The molecule has 1 aliphatic carbocycles. The van der Waals surface area contributed by atoms with E-state index in [-0.39, 0.29) is 30.5 Å². The van der Waals surface area contributed by atoms with Crippen molar-refractivity contribution in [2.45, 2.75) is 38.7 Å². The molecule has 0 aromatic rings. The van der Waals surface area contributed by atoms with Crippen LogP contribution in [-0.4, -0.2) is 37.5 Å². The van der Waals surface area contributed by atoms with Crippen molar-refractivity contribution in [2.75, 3.05) is 20.3 Å². The summed E-state index contributed by atoms with van der Waals surface area (Å²) in [7, 11) is 1.44. The second kappa shape index (κ2) is 6.86. The maximum Gasteiger partial charge on any atom is 0.308 e. The average Bonchev–Trinajstić information content (AvgIpc) is 2.35. The highest BCUT2D eigenvalue weighted by atomic mass is 16.5. The van der Waals surface area contributed by atoms with E-state index in [4.69, 9.17) is 14.6 Å². The molecule has 0 amide bonds. The fraction of sp³-hybridized carbons (Fsp3) is 0.917. The summed E-state index contributed by atoms with van der Waals surface area (Å²) in [6, 6.07) is 0. The van der Waals surface area contributed by atoms with Crippen molar-refractivity contribution in [2.24, 2.45) is 11.8 Å². The molecule has 0 heterocycles. The molecule has 0 aromatic carbocycles. The van der Waals surface area contributed by atoms with Gasteiger partial charge in [0, 0.05) is 12.5 Å². The molecule has 0 spiro atoms. The summed E-state index contributed by atoms with van der Waals surface area (Å²) in [4.78, 5) is 11.3. The molecule has 0 saturated heterocycles. The van der Waals surface area contributed by atoms with E-state index in [0.29, 0.717) is 6.61 Å². The van der Waals surface area contributed by atoms with Gasteiger partial charge in [0.05, 0.1) is 25.7 Å². The Morgan fingerprint density at radius 1 is 1.38 bits per heavy atom. The molecule has 0 aromatic heterocycles. The smallest absolute Gasteiger partial charge is 0.308 e. The third-order valence-electron chi connectivity index (χ3n) is 3.14. The van der Waals surface area contributed by atoms with E-state index in [9.17, 15) is 4.79 Å². The molecule has 1 aliphatic rings. The normalized spacial score (nSPS) is 27.4. The largest absolute Gasteiger partial charge is 0.469 e. The molecule has 1 unspecified atom stereocenters. The van der Waals surface area contributed by atoms with Crippen molar-refractivity contribution < 1.29 is 19.4 Å². The number of hydrogen-bond donors (Lipinski definition) is 1. The Hall–Kier alpha value is -0.610. The second-order valence-corrected chi connectivity index (χ2v) is 4.62. The topological polar surface area (TPSA) is 55.8 Å². The quantitative estimate of drug-likeness (QED) is 0.725. The molecule has 4 nitrogen and oxygen atoms in total. The Morgan fingerprint density at radius 3 is 2.50 bits per heavy atom. The van der Waals surface area contributed by atoms with Crippen LogP contribution in [0.5, 0.6) is 0 Å². The van der Waals surface area contributed by atoms with Crippen molar-refractivity contribution in [1.82, 2.24) is 0 Å². The number of methoxy groups -OCH3 is 1. The van der Waals surface area contributed by atoms with Crippen molar-refractivity contribution in [3.05, 3.63) is 0 Å². The third-order valence-corrected chi connectivity index (χ3v) is 3.14. The number of aliphatic hydroxyl groups is 1. The van der Waals surface area contributed by atoms with Crippen LogP contribution >= 0.6 is 0 Å². The van der Waals surface area contributed by atoms with Crippen LogP contribution in [0.25, 0.3) is 0 Å². The lowest BCUT2D eigenvalue weighted by Crippen LogP contribution is -2.28. The summed E-state index contributed by atoms with van der Waals surface area (Å²) in [5.41, 5.74) is 0. The van der Waals surface area contributed by atoms with Gasteiger partial charge < -0.3 is 14.6 Å². The summed E-state index contributed by atoms with van der Waals surface area (Å²) in [5, 5.41) is 8.87. The Balaban J connectivity index is 2.19. The minimum atomic E-state index is -0.0952. The van der Waals surface area contributed by atoms with Crippen molar-refractivity contribution >= 4 is 5.97 Å². The van der Waals surface area contributed by atoms with Gasteiger partial charge in [0.15, 0.2) is 0 Å². The van der Waals surface area contributed by atoms with Crippen LogP contribution in [0.4, 0.5) is 0 Å². The van der Waals surface area contributed by atoms with Crippen LogP contribution in [0.3, 0.4) is 0 Å². The molecule has 1 fully saturated rings. The van der Waals surface area contributed by atoms with Gasteiger partial charge in [0.25, 0.3) is 0 Å². The summed E-state index contributed by atoms with van der Waals surface area (Å²) < 4.78 is 10.4. The van der Waals surface area contributed by atoms with Gasteiger partial charge >= 0.3 is 5.97 Å². The Kier molecular flexibility index (Phi) is 5.77. The first kappa shape index (κ1) is 13.5. The van der Waals surface area contributed by atoms with E-state index in [1.807, 2.05) is 6.92 Å². The van der Waals surface area contributed by atoms with E-state index in [1.54, 1.807) is 0 Å². The van der Waals surface area contributed by atoms with Crippen molar-refractivity contribution in [3.63, 3.8) is 0 Å². The predicted molar refractivity (Wildman–Crippen MR) is 60.0 cm³/mol. The minimum absolute atomic E-state index is 0.0557. The number of rotatable bonds is 5. The van der Waals surface area contributed by atoms with E-state index >= 15 is 0 Å². The highest BCUT2D eigenvalue weighted by Crippen LogP contribution is 2.27. The second-order valence-electron chi connectivity index (χ2n) is 4.62. The fourth-order valence-corrected chi connectivity index (χ4v) is 1.98. The van der Waals surface area contributed by atoms with Gasteiger partial charge in [-0.3, -0.25) is 4.79 Å². The fourth-order valence-electron chi connectivity index (χ4n) is 1.98. The van der Waals surface area contributed by atoms with Gasteiger partial charge in [-0.2, -0.15) is 0 Å². The summed E-state index contributed by atoms with van der Waals surface area (Å²) in [6.45, 7) is 2.72. The van der Waals surface area contributed by atoms with E-state index in [1.165, 1.54) is 7.11 Å². The van der Waals surface area contributed by atoms with Crippen molar-refractivity contribution in [3.8, 4) is 0 Å². The maximum atomic E-state index is 11.3. The number of ether oxygens (including phenoxy) is 2. The molecule has 0 aliphatic heterocycles. The first-order valence-corrected chi connectivity index (χ1v) is 5.97. The first-order chi connectivity index (χ1) is 7.67. The third kappa shape index (κ3) is 4.10. The lowest BCUT2D eigenvalue weighted by Gasteiger charge is -2.27. The lowest BCUT2D eigenvalue weighted by atomic mass is 9.87. The van der Waals surface area contributed by atoms with Gasteiger partial charge in [-0.25, -0.2) is 0 Å². The number of esters is 1. The van der Waals surface area contributed by atoms with Crippen LogP contribution < -0.4 is 0 Å². The molecule has 0 radical (unpaired) electrons. The molecule has 94 valence electrons. The summed E-state index contributed by atoms with van der Waals surface area (Å²) in [6.07, 6.45) is 3.78. The van der Waals surface area contributed by atoms with Crippen LogP contribution in [-0.2, 0) is 14.3 Å². The molecule has 16 heavy (non-hydrogen) atoms. The van der Waals surface area contributed by atoms with Crippen LogP contribution in [0.1, 0.15) is 32.6 Å². The zero-order valence-corrected chi connectivity index (χ0v) is 10.1. The first-order valence-electron chi connectivity index (χ1n) is 5.97. The Bertz CT molecular complexity index is 209. The van der Waals surface area contributed by atoms with E-state index < -0.39 is 0 Å². The van der Waals surface area contributed by atoms with Crippen molar-refractivity contribution in [1.29, 1.82) is 0 Å². The molecular weight excluding hydrogens is 208 g/mol. The number of hydrogen-bond acceptors (Lipinski definition) is 4. The lowest BCUT2D eigenvalue weighted by molar-refractivity contribution is -0.147. The molecular formula is C12H22O4. The molecule has 4 heteroatoms. The zero-order chi connectivity index (χ0) is 12.0. The van der Waals surface area contributed by atoms with Gasteiger partial charge in [0.1, 0.15) is 0 Å². The minimum Gasteiger partial charge on any atom is -0.469 e. The van der Waals surface area contributed by atoms with Crippen LogP contribution in [0, 0.1) is 11.8 Å².